The fourth-order valence-electron chi connectivity index (χ4n) is 2.54. The minimum absolute atomic E-state index is 0.590. The van der Waals surface area contributed by atoms with Crippen molar-refractivity contribution in [3.05, 3.63) is 47.5 Å². The van der Waals surface area contributed by atoms with E-state index in [0.717, 1.165) is 0 Å². The molecule has 17 heavy (non-hydrogen) atoms. The molecule has 0 radical (unpaired) electrons. The third kappa shape index (κ3) is 2.52. The van der Waals surface area contributed by atoms with Crippen molar-refractivity contribution in [2.45, 2.75) is 40.0 Å². The van der Waals surface area contributed by atoms with Gasteiger partial charge >= 0.3 is 0 Å². The molecule has 0 heterocycles. The van der Waals surface area contributed by atoms with Crippen molar-refractivity contribution in [3.8, 4) is 0 Å². The molecule has 2 rings (SSSR count). The van der Waals surface area contributed by atoms with E-state index in [4.69, 9.17) is 0 Å². The fourth-order valence-corrected chi connectivity index (χ4v) is 2.54. The lowest BCUT2D eigenvalue weighted by Crippen LogP contribution is -1.98. The van der Waals surface area contributed by atoms with Crippen molar-refractivity contribution in [2.24, 2.45) is 5.92 Å². The molecule has 0 aromatic heterocycles. The van der Waals surface area contributed by atoms with Crippen molar-refractivity contribution in [1.29, 1.82) is 0 Å². The Balaban J connectivity index is 2.67. The van der Waals surface area contributed by atoms with E-state index in [-0.39, 0.29) is 0 Å². The molecular weight excluding hydrogens is 204 g/mol. The van der Waals surface area contributed by atoms with Gasteiger partial charge in [0.05, 0.1) is 0 Å². The van der Waals surface area contributed by atoms with E-state index in [0.29, 0.717) is 11.8 Å². The van der Waals surface area contributed by atoms with E-state index >= 15 is 0 Å². The van der Waals surface area contributed by atoms with Crippen LogP contribution in [0, 0.1) is 5.92 Å². The number of benzene rings is 2. The summed E-state index contributed by atoms with van der Waals surface area (Å²) >= 11 is 0. The zero-order valence-electron chi connectivity index (χ0n) is 11.3. The summed E-state index contributed by atoms with van der Waals surface area (Å²) in [5.41, 5.74) is 2.99. The molecule has 0 amide bonds. The molecule has 0 fully saturated rings. The highest BCUT2D eigenvalue weighted by atomic mass is 14.1. The third-order valence-electron chi connectivity index (χ3n) is 3.27. The standard InChI is InChI=1S/C17H22/c1-12(2)11-15-9-5-7-14-8-6-10-16(13(3)4)17(14)15/h5-10,12-13H,11H2,1-4H3. The minimum atomic E-state index is 0.590. The normalized spacial score (nSPS) is 11.6. The van der Waals surface area contributed by atoms with Crippen LogP contribution < -0.4 is 0 Å². The highest BCUT2D eigenvalue weighted by Crippen LogP contribution is 2.29. The van der Waals surface area contributed by atoms with Gasteiger partial charge in [0.2, 0.25) is 0 Å². The van der Waals surface area contributed by atoms with Crippen LogP contribution in [0.3, 0.4) is 0 Å². The molecule has 0 bridgehead atoms. The Kier molecular flexibility index (Phi) is 3.51. The van der Waals surface area contributed by atoms with Crippen LogP contribution in [0.2, 0.25) is 0 Å². The summed E-state index contributed by atoms with van der Waals surface area (Å²) in [6.45, 7) is 9.13. The zero-order chi connectivity index (χ0) is 12.4. The van der Waals surface area contributed by atoms with E-state index < -0.39 is 0 Å². The summed E-state index contributed by atoms with van der Waals surface area (Å²) in [6, 6.07) is 13.4. The molecule has 0 nitrogen and oxygen atoms in total. The van der Waals surface area contributed by atoms with Crippen LogP contribution in [-0.4, -0.2) is 0 Å². The number of hydrogen-bond donors (Lipinski definition) is 0. The second-order valence-corrected chi connectivity index (χ2v) is 5.62. The predicted octanol–water partition coefficient (Wildman–Crippen LogP) is 5.16. The lowest BCUT2D eigenvalue weighted by atomic mass is 9.90. The van der Waals surface area contributed by atoms with Gasteiger partial charge in [-0.05, 0) is 40.2 Å². The largest absolute Gasteiger partial charge is 0.0625 e. The second-order valence-electron chi connectivity index (χ2n) is 5.62. The number of rotatable bonds is 3. The quantitative estimate of drug-likeness (QED) is 0.678. The number of hydrogen-bond acceptors (Lipinski definition) is 0. The molecule has 2 aromatic rings. The molecule has 0 atom stereocenters. The molecular formula is C17H22. The van der Waals surface area contributed by atoms with Gasteiger partial charge in [-0.25, -0.2) is 0 Å². The van der Waals surface area contributed by atoms with Crippen molar-refractivity contribution in [1.82, 2.24) is 0 Å². The second kappa shape index (κ2) is 4.91. The third-order valence-corrected chi connectivity index (χ3v) is 3.27. The first-order valence-electron chi connectivity index (χ1n) is 6.60. The van der Waals surface area contributed by atoms with Crippen molar-refractivity contribution in [2.75, 3.05) is 0 Å². The van der Waals surface area contributed by atoms with Crippen molar-refractivity contribution in [3.63, 3.8) is 0 Å². The van der Waals surface area contributed by atoms with E-state index in [2.05, 4.69) is 64.1 Å². The Morgan fingerprint density at radius 1 is 0.882 bits per heavy atom. The minimum Gasteiger partial charge on any atom is -0.0625 e. The van der Waals surface area contributed by atoms with E-state index in [1.165, 1.54) is 28.3 Å². The molecule has 0 aliphatic carbocycles. The molecule has 0 unspecified atom stereocenters. The van der Waals surface area contributed by atoms with Gasteiger partial charge in [-0.1, -0.05) is 64.1 Å². The average molecular weight is 226 g/mol. The molecule has 0 heteroatoms. The maximum absolute atomic E-state index is 2.29. The molecule has 0 aliphatic heterocycles. The van der Waals surface area contributed by atoms with Crippen LogP contribution in [0.15, 0.2) is 36.4 Å². The summed E-state index contributed by atoms with van der Waals surface area (Å²) in [7, 11) is 0. The Morgan fingerprint density at radius 3 is 2.12 bits per heavy atom. The molecule has 0 N–H and O–H groups in total. The maximum atomic E-state index is 2.29. The van der Waals surface area contributed by atoms with Gasteiger partial charge in [-0.2, -0.15) is 0 Å². The van der Waals surface area contributed by atoms with Crippen LogP contribution in [0.25, 0.3) is 10.8 Å². The van der Waals surface area contributed by atoms with Gasteiger partial charge in [-0.15, -0.1) is 0 Å². The summed E-state index contributed by atoms with van der Waals surface area (Å²) in [5.74, 6) is 1.30. The topological polar surface area (TPSA) is 0 Å². The van der Waals surface area contributed by atoms with E-state index in [9.17, 15) is 0 Å². The molecule has 0 saturated carbocycles. The van der Waals surface area contributed by atoms with Gasteiger partial charge in [-0.3, -0.25) is 0 Å². The highest BCUT2D eigenvalue weighted by Gasteiger charge is 2.09. The van der Waals surface area contributed by atoms with E-state index in [1.807, 2.05) is 0 Å². The van der Waals surface area contributed by atoms with Crippen molar-refractivity contribution < 1.29 is 0 Å². The van der Waals surface area contributed by atoms with Gasteiger partial charge < -0.3 is 0 Å². The Morgan fingerprint density at radius 2 is 1.53 bits per heavy atom. The summed E-state index contributed by atoms with van der Waals surface area (Å²) in [6.07, 6.45) is 1.17. The summed E-state index contributed by atoms with van der Waals surface area (Å²) in [4.78, 5) is 0. The molecule has 2 aromatic carbocycles. The highest BCUT2D eigenvalue weighted by molar-refractivity contribution is 5.89. The van der Waals surface area contributed by atoms with Gasteiger partial charge in [0, 0.05) is 0 Å². The molecule has 0 saturated heterocycles. The SMILES string of the molecule is CC(C)Cc1cccc2cccc(C(C)C)c12. The van der Waals surface area contributed by atoms with Crippen LogP contribution in [-0.2, 0) is 6.42 Å². The average Bonchev–Trinajstić information content (AvgIpc) is 2.27. The molecule has 0 aliphatic rings. The predicted molar refractivity (Wildman–Crippen MR) is 76.6 cm³/mol. The van der Waals surface area contributed by atoms with Crippen LogP contribution in [0.1, 0.15) is 44.7 Å². The Bertz CT molecular complexity index is 501. The van der Waals surface area contributed by atoms with Crippen molar-refractivity contribution >= 4 is 10.8 Å². The van der Waals surface area contributed by atoms with Gasteiger partial charge in [0.15, 0.2) is 0 Å². The zero-order valence-corrected chi connectivity index (χ0v) is 11.3. The smallest absolute Gasteiger partial charge is 0.0117 e. The number of fused-ring (bicyclic) bond motifs is 1. The Hall–Kier alpha value is -1.30. The first-order valence-corrected chi connectivity index (χ1v) is 6.60. The lowest BCUT2D eigenvalue weighted by molar-refractivity contribution is 0.649. The first-order chi connectivity index (χ1) is 8.09. The first kappa shape index (κ1) is 12.2. The van der Waals surface area contributed by atoms with Gasteiger partial charge in [0.1, 0.15) is 0 Å². The van der Waals surface area contributed by atoms with Crippen LogP contribution in [0.5, 0.6) is 0 Å². The summed E-state index contributed by atoms with van der Waals surface area (Å²) < 4.78 is 0. The van der Waals surface area contributed by atoms with Crippen LogP contribution >= 0.6 is 0 Å². The fraction of sp³-hybridized carbons (Fsp3) is 0.412. The van der Waals surface area contributed by atoms with Gasteiger partial charge in [0.25, 0.3) is 0 Å². The summed E-state index contributed by atoms with van der Waals surface area (Å²) in [5, 5.41) is 2.87. The van der Waals surface area contributed by atoms with E-state index in [1.54, 1.807) is 0 Å². The lowest BCUT2D eigenvalue weighted by Gasteiger charge is -2.15. The maximum Gasteiger partial charge on any atom is -0.0117 e. The molecule has 90 valence electrons. The molecule has 0 spiro atoms. The Labute approximate surface area is 105 Å². The van der Waals surface area contributed by atoms with Crippen LogP contribution in [0.4, 0.5) is 0 Å². The monoisotopic (exact) mass is 226 g/mol.